The first-order valence-corrected chi connectivity index (χ1v) is 7.15. The molecule has 1 fully saturated rings. The first-order chi connectivity index (χ1) is 10.5. The van der Waals surface area contributed by atoms with Crippen LogP contribution in [-0.2, 0) is 4.74 Å². The molecule has 0 radical (unpaired) electrons. The van der Waals surface area contributed by atoms with E-state index in [4.69, 9.17) is 4.74 Å². The SMILES string of the molecule is CCOC(=O)N1CCC(NC(=O)c2c[nH]c(=O)cc2O)CC1. The third kappa shape index (κ3) is 3.78. The van der Waals surface area contributed by atoms with E-state index < -0.39 is 11.5 Å². The van der Waals surface area contributed by atoms with Crippen LogP contribution in [0.1, 0.15) is 30.1 Å². The minimum atomic E-state index is -0.475. The number of H-pyrrole nitrogens is 1. The normalized spacial score (nSPS) is 15.4. The molecule has 1 aromatic heterocycles. The summed E-state index contributed by atoms with van der Waals surface area (Å²) in [6.45, 7) is 3.09. The monoisotopic (exact) mass is 309 g/mol. The van der Waals surface area contributed by atoms with E-state index in [1.165, 1.54) is 6.20 Å². The molecule has 2 rings (SSSR count). The average molecular weight is 309 g/mol. The number of aromatic hydroxyl groups is 1. The van der Waals surface area contributed by atoms with Gasteiger partial charge in [-0.05, 0) is 19.8 Å². The molecule has 0 bridgehead atoms. The fraction of sp³-hybridized carbons (Fsp3) is 0.500. The molecule has 3 N–H and O–H groups in total. The van der Waals surface area contributed by atoms with Crippen molar-refractivity contribution in [3.8, 4) is 5.75 Å². The molecule has 1 saturated heterocycles. The predicted molar refractivity (Wildman–Crippen MR) is 77.8 cm³/mol. The first-order valence-electron chi connectivity index (χ1n) is 7.15. The lowest BCUT2D eigenvalue weighted by atomic mass is 10.0. The molecule has 2 heterocycles. The zero-order valence-electron chi connectivity index (χ0n) is 12.3. The Morgan fingerprint density at radius 2 is 2.14 bits per heavy atom. The Bertz CT molecular complexity index is 605. The maximum Gasteiger partial charge on any atom is 0.409 e. The minimum absolute atomic E-state index is 0.0208. The molecule has 22 heavy (non-hydrogen) atoms. The largest absolute Gasteiger partial charge is 0.507 e. The zero-order valence-corrected chi connectivity index (χ0v) is 12.3. The van der Waals surface area contributed by atoms with Gasteiger partial charge in [-0.2, -0.15) is 0 Å². The predicted octanol–water partition coefficient (Wildman–Crippen LogP) is 0.431. The van der Waals surface area contributed by atoms with Crippen molar-refractivity contribution in [3.63, 3.8) is 0 Å². The van der Waals surface area contributed by atoms with E-state index in [9.17, 15) is 19.5 Å². The van der Waals surface area contributed by atoms with Gasteiger partial charge >= 0.3 is 6.09 Å². The number of ether oxygens (including phenoxy) is 1. The second-order valence-electron chi connectivity index (χ2n) is 5.03. The molecule has 1 aromatic rings. The third-order valence-corrected chi connectivity index (χ3v) is 3.50. The maximum atomic E-state index is 12.1. The average Bonchev–Trinajstić information content (AvgIpc) is 2.48. The molecule has 0 atom stereocenters. The van der Waals surface area contributed by atoms with Crippen molar-refractivity contribution in [2.45, 2.75) is 25.8 Å². The number of likely N-dealkylation sites (tertiary alicyclic amines) is 1. The van der Waals surface area contributed by atoms with Crippen molar-refractivity contribution >= 4 is 12.0 Å². The Labute approximate surface area is 127 Å². The van der Waals surface area contributed by atoms with Gasteiger partial charge in [0.15, 0.2) is 0 Å². The maximum absolute atomic E-state index is 12.1. The summed E-state index contributed by atoms with van der Waals surface area (Å²) in [6, 6.07) is 0.864. The van der Waals surface area contributed by atoms with Gasteiger partial charge in [-0.1, -0.05) is 0 Å². The number of nitrogens with zero attached hydrogens (tertiary/aromatic N) is 1. The Morgan fingerprint density at radius 3 is 2.73 bits per heavy atom. The van der Waals surface area contributed by atoms with Crippen LogP contribution in [0.2, 0.25) is 0 Å². The summed E-state index contributed by atoms with van der Waals surface area (Å²) in [6.07, 6.45) is 2.05. The number of carbonyl (C=O) groups excluding carboxylic acids is 2. The Balaban J connectivity index is 1.89. The third-order valence-electron chi connectivity index (χ3n) is 3.50. The number of rotatable bonds is 3. The Hall–Kier alpha value is -2.51. The first kappa shape index (κ1) is 15.9. The van der Waals surface area contributed by atoms with E-state index in [2.05, 4.69) is 10.3 Å². The minimum Gasteiger partial charge on any atom is -0.507 e. The lowest BCUT2D eigenvalue weighted by Gasteiger charge is -2.31. The van der Waals surface area contributed by atoms with Crippen molar-refractivity contribution in [3.05, 3.63) is 28.2 Å². The van der Waals surface area contributed by atoms with Gasteiger partial charge in [0, 0.05) is 31.4 Å². The Kier molecular flexibility index (Phi) is 5.03. The van der Waals surface area contributed by atoms with E-state index in [-0.39, 0.29) is 23.4 Å². The highest BCUT2D eigenvalue weighted by Gasteiger charge is 2.25. The van der Waals surface area contributed by atoms with Crippen LogP contribution in [0, 0.1) is 0 Å². The van der Waals surface area contributed by atoms with Gasteiger partial charge in [-0.3, -0.25) is 9.59 Å². The van der Waals surface area contributed by atoms with Crippen molar-refractivity contribution < 1.29 is 19.4 Å². The standard InChI is InChI=1S/C14H19N3O5/c1-2-22-14(21)17-5-3-9(4-6-17)16-13(20)10-8-15-12(19)7-11(10)18/h7-9H,2-6H2,1H3,(H,16,20)(H2,15,18,19). The van der Waals surface area contributed by atoms with Gasteiger partial charge < -0.3 is 25.0 Å². The van der Waals surface area contributed by atoms with Crippen molar-refractivity contribution in [2.24, 2.45) is 0 Å². The van der Waals surface area contributed by atoms with E-state index in [0.29, 0.717) is 32.5 Å². The van der Waals surface area contributed by atoms with E-state index >= 15 is 0 Å². The van der Waals surface area contributed by atoms with Gasteiger partial charge in [0.2, 0.25) is 0 Å². The van der Waals surface area contributed by atoms with E-state index in [1.807, 2.05) is 0 Å². The summed E-state index contributed by atoms with van der Waals surface area (Å²) in [4.78, 5) is 38.6. The molecule has 8 heteroatoms. The Morgan fingerprint density at radius 1 is 1.45 bits per heavy atom. The molecule has 0 unspecified atom stereocenters. The number of hydrogen-bond donors (Lipinski definition) is 3. The van der Waals surface area contributed by atoms with Crippen LogP contribution in [0.15, 0.2) is 17.1 Å². The molecule has 120 valence electrons. The molecular formula is C14H19N3O5. The van der Waals surface area contributed by atoms with E-state index in [1.54, 1.807) is 11.8 Å². The highest BCUT2D eigenvalue weighted by atomic mass is 16.6. The lowest BCUT2D eigenvalue weighted by molar-refractivity contribution is 0.0858. The van der Waals surface area contributed by atoms with Gasteiger partial charge in [0.1, 0.15) is 5.75 Å². The summed E-state index contributed by atoms with van der Waals surface area (Å²) in [5, 5.41) is 12.4. The van der Waals surface area contributed by atoms with E-state index in [0.717, 1.165) is 6.07 Å². The lowest BCUT2D eigenvalue weighted by Crippen LogP contribution is -2.46. The molecule has 0 aromatic carbocycles. The van der Waals surface area contributed by atoms with Gasteiger partial charge in [0.25, 0.3) is 11.5 Å². The second kappa shape index (κ2) is 6.97. The topological polar surface area (TPSA) is 112 Å². The number of nitrogens with one attached hydrogen (secondary N) is 2. The van der Waals surface area contributed by atoms with Crippen LogP contribution in [-0.4, -0.2) is 52.7 Å². The van der Waals surface area contributed by atoms with Gasteiger partial charge in [0.05, 0.1) is 12.2 Å². The van der Waals surface area contributed by atoms with Crippen LogP contribution in [0.5, 0.6) is 5.75 Å². The second-order valence-corrected chi connectivity index (χ2v) is 5.03. The molecule has 0 saturated carbocycles. The molecule has 1 aliphatic rings. The summed E-state index contributed by atoms with van der Waals surface area (Å²) < 4.78 is 4.93. The molecule has 0 aliphatic carbocycles. The number of piperidine rings is 1. The van der Waals surface area contributed by atoms with Gasteiger partial charge in [-0.15, -0.1) is 0 Å². The number of amides is 2. The van der Waals surface area contributed by atoms with Crippen LogP contribution >= 0.6 is 0 Å². The zero-order chi connectivity index (χ0) is 16.1. The summed E-state index contributed by atoms with van der Waals surface area (Å²) >= 11 is 0. The molecule has 8 nitrogen and oxygen atoms in total. The number of aromatic nitrogens is 1. The fourth-order valence-electron chi connectivity index (χ4n) is 2.33. The highest BCUT2D eigenvalue weighted by molar-refractivity contribution is 5.96. The van der Waals surface area contributed by atoms with Crippen LogP contribution in [0.3, 0.4) is 0 Å². The molecule has 2 amide bonds. The quantitative estimate of drug-likeness (QED) is 0.749. The molecular weight excluding hydrogens is 290 g/mol. The summed E-state index contributed by atoms with van der Waals surface area (Å²) in [5.41, 5.74) is -0.454. The van der Waals surface area contributed by atoms with Crippen molar-refractivity contribution in [2.75, 3.05) is 19.7 Å². The van der Waals surface area contributed by atoms with Crippen LogP contribution in [0.25, 0.3) is 0 Å². The fourth-order valence-corrected chi connectivity index (χ4v) is 2.33. The van der Waals surface area contributed by atoms with Crippen molar-refractivity contribution in [1.82, 2.24) is 15.2 Å². The number of aromatic amines is 1. The molecule has 0 spiro atoms. The van der Waals surface area contributed by atoms with Gasteiger partial charge in [-0.25, -0.2) is 4.79 Å². The molecule has 1 aliphatic heterocycles. The van der Waals surface area contributed by atoms with Crippen LogP contribution < -0.4 is 10.9 Å². The summed E-state index contributed by atoms with van der Waals surface area (Å²) in [5.74, 6) is -0.812. The number of hydrogen-bond acceptors (Lipinski definition) is 5. The number of carbonyl (C=O) groups is 2. The summed E-state index contributed by atoms with van der Waals surface area (Å²) in [7, 11) is 0. The highest BCUT2D eigenvalue weighted by Crippen LogP contribution is 2.15. The van der Waals surface area contributed by atoms with Crippen LogP contribution in [0.4, 0.5) is 4.79 Å². The van der Waals surface area contributed by atoms with Crippen molar-refractivity contribution in [1.29, 1.82) is 0 Å². The smallest absolute Gasteiger partial charge is 0.409 e. The number of pyridine rings is 1.